The van der Waals surface area contributed by atoms with Crippen molar-refractivity contribution in [2.75, 3.05) is 5.75 Å². The highest BCUT2D eigenvalue weighted by atomic mass is 35.5. The molecule has 1 aromatic heterocycles. The van der Waals surface area contributed by atoms with Gasteiger partial charge in [-0.2, -0.15) is 0 Å². The van der Waals surface area contributed by atoms with Crippen LogP contribution in [-0.2, 0) is 33.7 Å². The first kappa shape index (κ1) is 25.6. The molecule has 4 rings (SSSR count). The quantitative estimate of drug-likeness (QED) is 0.370. The predicted octanol–water partition coefficient (Wildman–Crippen LogP) is 5.79. The van der Waals surface area contributed by atoms with E-state index in [1.807, 2.05) is 67.6 Å². The van der Waals surface area contributed by atoms with Crippen LogP contribution in [0.25, 0.3) is 10.9 Å². The van der Waals surface area contributed by atoms with Crippen molar-refractivity contribution in [3.8, 4) is 0 Å². The molecule has 0 bridgehead atoms. The Labute approximate surface area is 215 Å². The van der Waals surface area contributed by atoms with E-state index in [2.05, 4.69) is 36.0 Å². The second-order valence-corrected chi connectivity index (χ2v) is 11.5. The number of hydrogen-bond acceptors (Lipinski definition) is 3. The molecule has 1 heterocycles. The number of amides is 1. The molecule has 0 saturated carbocycles. The van der Waals surface area contributed by atoms with E-state index in [1.165, 1.54) is 0 Å². The van der Waals surface area contributed by atoms with Gasteiger partial charge in [0, 0.05) is 27.8 Å². The minimum Gasteiger partial charge on any atom is -0.611 e. The molecule has 0 saturated heterocycles. The van der Waals surface area contributed by atoms with Gasteiger partial charge in [-0.1, -0.05) is 35.9 Å². The average Bonchev–Trinajstić information content (AvgIpc) is 3.20. The largest absolute Gasteiger partial charge is 0.611 e. The molecule has 0 spiro atoms. The summed E-state index contributed by atoms with van der Waals surface area (Å²) in [6.07, 6.45) is 8.87. The Balaban J connectivity index is 1.28. The van der Waals surface area contributed by atoms with Crippen molar-refractivity contribution in [3.63, 3.8) is 0 Å². The van der Waals surface area contributed by atoms with E-state index in [0.29, 0.717) is 18.7 Å². The number of nitrogens with one attached hydrogen (secondary N) is 1. The molecule has 7 heteroatoms. The Morgan fingerprint density at radius 3 is 2.69 bits per heavy atom. The molecule has 1 aliphatic rings. The normalized spacial score (nSPS) is 16.8. The maximum absolute atomic E-state index is 12.5. The molecule has 5 nitrogen and oxygen atoms in total. The van der Waals surface area contributed by atoms with Crippen molar-refractivity contribution in [3.05, 3.63) is 89.2 Å². The Morgan fingerprint density at radius 2 is 2.00 bits per heavy atom. The summed E-state index contributed by atoms with van der Waals surface area (Å²) in [6, 6.07) is 15.4. The Morgan fingerprint density at radius 1 is 1.23 bits per heavy atom. The van der Waals surface area contributed by atoms with Crippen LogP contribution in [0.1, 0.15) is 32.8 Å². The zero-order valence-electron chi connectivity index (χ0n) is 20.3. The van der Waals surface area contributed by atoms with Gasteiger partial charge in [0.05, 0.1) is 24.7 Å². The fourth-order valence-corrected chi connectivity index (χ4v) is 5.22. The predicted molar refractivity (Wildman–Crippen MR) is 143 cm³/mol. The summed E-state index contributed by atoms with van der Waals surface area (Å²) in [5.74, 6) is 0.505. The van der Waals surface area contributed by atoms with Gasteiger partial charge in [-0.3, -0.25) is 4.79 Å². The summed E-state index contributed by atoms with van der Waals surface area (Å²) in [4.78, 5) is 13.3. The topological polar surface area (TPSA) is 66.3 Å². The molecule has 1 N–H and O–H groups in total. The zero-order valence-corrected chi connectivity index (χ0v) is 21.9. The van der Waals surface area contributed by atoms with Gasteiger partial charge in [-0.25, -0.2) is 0 Å². The lowest BCUT2D eigenvalue weighted by Gasteiger charge is -2.31. The van der Waals surface area contributed by atoms with E-state index < -0.39 is 11.2 Å². The van der Waals surface area contributed by atoms with Crippen LogP contribution in [0, 0.1) is 0 Å². The fourth-order valence-electron chi connectivity index (χ4n) is 4.26. The SMILES string of the molecule is CC[S+]([O-])c1ccc(CC(=O)NC2=CCC(OC(C)(C)Cn3ccc4cc(Cl)ccc43)C=C2)cc1. The third-order valence-electron chi connectivity index (χ3n) is 5.91. The van der Waals surface area contributed by atoms with E-state index >= 15 is 0 Å². The van der Waals surface area contributed by atoms with Crippen LogP contribution in [0.3, 0.4) is 0 Å². The van der Waals surface area contributed by atoms with Gasteiger partial charge in [-0.15, -0.1) is 0 Å². The van der Waals surface area contributed by atoms with Crippen molar-refractivity contribution >= 4 is 39.6 Å². The number of rotatable bonds is 9. The number of benzene rings is 2. The lowest BCUT2D eigenvalue weighted by atomic mass is 10.1. The van der Waals surface area contributed by atoms with Crippen LogP contribution in [0.15, 0.2) is 83.5 Å². The highest BCUT2D eigenvalue weighted by Crippen LogP contribution is 2.25. The van der Waals surface area contributed by atoms with Crippen molar-refractivity contribution in [1.29, 1.82) is 0 Å². The first-order chi connectivity index (χ1) is 16.7. The summed E-state index contributed by atoms with van der Waals surface area (Å²) >= 11 is 5.13. The van der Waals surface area contributed by atoms with Gasteiger partial charge in [0.1, 0.15) is 5.75 Å². The first-order valence-electron chi connectivity index (χ1n) is 11.8. The van der Waals surface area contributed by atoms with E-state index in [0.717, 1.165) is 32.1 Å². The number of aromatic nitrogens is 1. The Kier molecular flexibility index (Phi) is 8.07. The third-order valence-corrected chi connectivity index (χ3v) is 7.47. The lowest BCUT2D eigenvalue weighted by Crippen LogP contribution is -2.35. The molecule has 1 aliphatic carbocycles. The Bertz CT molecular complexity index is 1250. The first-order valence-corrected chi connectivity index (χ1v) is 13.5. The summed E-state index contributed by atoms with van der Waals surface area (Å²) in [6.45, 7) is 6.77. The number of ether oxygens (including phenoxy) is 1. The fraction of sp³-hybridized carbons (Fsp3) is 0.321. The van der Waals surface area contributed by atoms with Gasteiger partial charge in [0.15, 0.2) is 4.90 Å². The second-order valence-electron chi connectivity index (χ2n) is 9.32. The van der Waals surface area contributed by atoms with Gasteiger partial charge >= 0.3 is 0 Å². The Hall–Kier alpha value is -2.51. The van der Waals surface area contributed by atoms with Gasteiger partial charge < -0.3 is 19.2 Å². The van der Waals surface area contributed by atoms with E-state index in [-0.39, 0.29) is 24.0 Å². The van der Waals surface area contributed by atoms with Gasteiger partial charge in [-0.05, 0) is 86.4 Å². The molecule has 0 fully saturated rings. The molecule has 0 radical (unpaired) electrons. The molecule has 1 amide bonds. The highest BCUT2D eigenvalue weighted by molar-refractivity contribution is 7.91. The van der Waals surface area contributed by atoms with Crippen LogP contribution in [0.4, 0.5) is 0 Å². The number of carbonyl (C=O) groups is 1. The minimum absolute atomic E-state index is 0.0612. The molecule has 2 atom stereocenters. The number of fused-ring (bicyclic) bond motifs is 1. The lowest BCUT2D eigenvalue weighted by molar-refractivity contribution is -0.119. The monoisotopic (exact) mass is 510 g/mol. The second kappa shape index (κ2) is 11.0. The molecular formula is C28H31ClN2O3S. The highest BCUT2D eigenvalue weighted by Gasteiger charge is 2.25. The zero-order chi connectivity index (χ0) is 25.0. The molecule has 35 heavy (non-hydrogen) atoms. The smallest absolute Gasteiger partial charge is 0.228 e. The van der Waals surface area contributed by atoms with Crippen molar-refractivity contribution in [1.82, 2.24) is 9.88 Å². The standard InChI is InChI=1S/C28H31ClN2O3S/c1-4-35(33)25-12-5-20(6-13-25)17-27(32)30-23-8-10-24(11-9-23)34-28(2,3)19-31-16-15-21-18-22(29)7-14-26(21)31/h5-10,12-16,18,24H,4,11,17,19H2,1-3H3,(H,30,32). The summed E-state index contributed by atoms with van der Waals surface area (Å²) in [5, 5.41) is 4.81. The van der Waals surface area contributed by atoms with Crippen molar-refractivity contribution in [2.45, 2.75) is 56.8 Å². The molecule has 2 unspecified atom stereocenters. The van der Waals surface area contributed by atoms with E-state index in [9.17, 15) is 9.35 Å². The average molecular weight is 511 g/mol. The molecular weight excluding hydrogens is 480 g/mol. The maximum atomic E-state index is 12.5. The molecule has 2 aromatic carbocycles. The summed E-state index contributed by atoms with van der Waals surface area (Å²) in [7, 11) is 0. The molecule has 3 aromatic rings. The van der Waals surface area contributed by atoms with Crippen LogP contribution < -0.4 is 5.32 Å². The third kappa shape index (κ3) is 6.79. The van der Waals surface area contributed by atoms with Gasteiger partial charge in [0.2, 0.25) is 5.91 Å². The number of carbonyl (C=O) groups excluding carboxylic acids is 1. The number of hydrogen-bond donors (Lipinski definition) is 1. The number of allylic oxidation sites excluding steroid dienone is 1. The summed E-state index contributed by atoms with van der Waals surface area (Å²) < 4.78 is 20.5. The van der Waals surface area contributed by atoms with Gasteiger partial charge in [0.25, 0.3) is 0 Å². The summed E-state index contributed by atoms with van der Waals surface area (Å²) in [5.41, 5.74) is 2.42. The van der Waals surface area contributed by atoms with Crippen LogP contribution in [0.2, 0.25) is 5.02 Å². The van der Waals surface area contributed by atoms with Crippen LogP contribution in [0.5, 0.6) is 0 Å². The van der Waals surface area contributed by atoms with E-state index in [4.69, 9.17) is 16.3 Å². The van der Waals surface area contributed by atoms with Crippen molar-refractivity contribution in [2.24, 2.45) is 0 Å². The van der Waals surface area contributed by atoms with E-state index in [1.54, 1.807) is 0 Å². The number of nitrogens with zero attached hydrogens (tertiary/aromatic N) is 1. The maximum Gasteiger partial charge on any atom is 0.228 e. The van der Waals surface area contributed by atoms with Crippen LogP contribution >= 0.6 is 11.6 Å². The van der Waals surface area contributed by atoms with Crippen molar-refractivity contribution < 1.29 is 14.1 Å². The number of halogens is 1. The molecule has 184 valence electrons. The minimum atomic E-state index is -0.982. The van der Waals surface area contributed by atoms with Crippen LogP contribution in [-0.4, -0.2) is 32.5 Å². The molecule has 0 aliphatic heterocycles.